The molecule has 1 aromatic rings. The van der Waals surface area contributed by atoms with Gasteiger partial charge in [-0.1, -0.05) is 0 Å². The first-order valence-electron chi connectivity index (χ1n) is 5.86. The molecule has 0 aromatic heterocycles. The summed E-state index contributed by atoms with van der Waals surface area (Å²) in [4.78, 5) is 14.2. The van der Waals surface area contributed by atoms with Crippen LogP contribution >= 0.6 is 15.9 Å². The van der Waals surface area contributed by atoms with Crippen LogP contribution in [0.25, 0.3) is 0 Å². The van der Waals surface area contributed by atoms with Gasteiger partial charge in [0, 0.05) is 17.6 Å². The Hall–Kier alpha value is -1.07. The van der Waals surface area contributed by atoms with E-state index in [-0.39, 0.29) is 12.0 Å². The van der Waals surface area contributed by atoms with E-state index in [9.17, 15) is 4.79 Å². The maximum Gasteiger partial charge on any atom is 0.255 e. The molecule has 0 N–H and O–H groups in total. The maximum atomic E-state index is 12.4. The minimum Gasteiger partial charge on any atom is -0.497 e. The second-order valence-electron chi connectivity index (χ2n) is 4.28. The minimum atomic E-state index is 0.0101. The van der Waals surface area contributed by atoms with E-state index in [0.717, 1.165) is 4.47 Å². The molecule has 4 nitrogen and oxygen atoms in total. The summed E-state index contributed by atoms with van der Waals surface area (Å²) in [5.74, 6) is 0.693. The Bertz CT molecular complexity index is 450. The van der Waals surface area contributed by atoms with Crippen LogP contribution in [-0.4, -0.2) is 43.7 Å². The fourth-order valence-corrected chi connectivity index (χ4v) is 2.38. The first-order valence-corrected chi connectivity index (χ1v) is 6.65. The van der Waals surface area contributed by atoms with E-state index in [0.29, 0.717) is 31.0 Å². The Morgan fingerprint density at radius 2 is 2.33 bits per heavy atom. The normalized spacial score (nSPS) is 19.7. The number of halogens is 1. The van der Waals surface area contributed by atoms with Crippen molar-refractivity contribution in [2.24, 2.45) is 0 Å². The standard InChI is InChI=1S/C13H16BrNO3/c1-9-8-15(5-6-18-9)13(16)11-7-10(17-2)3-4-12(11)14/h3-4,7,9H,5-6,8H2,1-2H3/t9-/m1/s1. The molecule has 0 saturated carbocycles. The van der Waals surface area contributed by atoms with Crippen LogP contribution in [0.4, 0.5) is 0 Å². The van der Waals surface area contributed by atoms with Crippen LogP contribution in [-0.2, 0) is 4.74 Å². The highest BCUT2D eigenvalue weighted by Gasteiger charge is 2.24. The number of benzene rings is 1. The second kappa shape index (κ2) is 5.71. The first-order chi connectivity index (χ1) is 8.61. The summed E-state index contributed by atoms with van der Waals surface area (Å²) in [6, 6.07) is 5.41. The van der Waals surface area contributed by atoms with E-state index in [1.165, 1.54) is 0 Å². The lowest BCUT2D eigenvalue weighted by Gasteiger charge is -2.31. The minimum absolute atomic E-state index is 0.0101. The molecule has 1 amide bonds. The number of amides is 1. The van der Waals surface area contributed by atoms with Crippen LogP contribution in [0.5, 0.6) is 5.75 Å². The van der Waals surface area contributed by atoms with E-state index in [4.69, 9.17) is 9.47 Å². The third kappa shape index (κ3) is 2.84. The summed E-state index contributed by atoms with van der Waals surface area (Å²) < 4.78 is 11.4. The summed E-state index contributed by atoms with van der Waals surface area (Å²) in [6.45, 7) is 3.82. The third-order valence-electron chi connectivity index (χ3n) is 2.93. The lowest BCUT2D eigenvalue weighted by Crippen LogP contribution is -2.44. The van der Waals surface area contributed by atoms with Crippen LogP contribution in [0.1, 0.15) is 17.3 Å². The number of ether oxygens (including phenoxy) is 2. The highest BCUT2D eigenvalue weighted by atomic mass is 79.9. The topological polar surface area (TPSA) is 38.8 Å². The van der Waals surface area contributed by atoms with Crippen LogP contribution in [0.15, 0.2) is 22.7 Å². The molecule has 0 unspecified atom stereocenters. The number of rotatable bonds is 2. The van der Waals surface area contributed by atoms with E-state index >= 15 is 0 Å². The average molecular weight is 314 g/mol. The highest BCUT2D eigenvalue weighted by molar-refractivity contribution is 9.10. The van der Waals surface area contributed by atoms with E-state index in [2.05, 4.69) is 15.9 Å². The first kappa shape index (κ1) is 13.4. The fourth-order valence-electron chi connectivity index (χ4n) is 1.97. The van der Waals surface area contributed by atoms with Gasteiger partial charge in [-0.15, -0.1) is 0 Å². The molecule has 1 heterocycles. The lowest BCUT2D eigenvalue weighted by atomic mass is 10.1. The Morgan fingerprint density at radius 3 is 3.00 bits per heavy atom. The molecule has 0 aliphatic carbocycles. The number of carbonyl (C=O) groups excluding carboxylic acids is 1. The zero-order valence-corrected chi connectivity index (χ0v) is 12.1. The SMILES string of the molecule is COc1ccc(Br)c(C(=O)N2CCO[C@H](C)C2)c1. The number of hydrogen-bond donors (Lipinski definition) is 0. The van der Waals surface area contributed by atoms with Crippen molar-refractivity contribution in [2.45, 2.75) is 13.0 Å². The Kier molecular flexibility index (Phi) is 4.24. The van der Waals surface area contributed by atoms with Crippen molar-refractivity contribution < 1.29 is 14.3 Å². The third-order valence-corrected chi connectivity index (χ3v) is 3.62. The molecule has 1 aromatic carbocycles. The van der Waals surface area contributed by atoms with Crippen LogP contribution in [0, 0.1) is 0 Å². The molecule has 1 saturated heterocycles. The zero-order chi connectivity index (χ0) is 13.1. The monoisotopic (exact) mass is 313 g/mol. The van der Waals surface area contributed by atoms with Gasteiger partial charge in [-0.3, -0.25) is 4.79 Å². The Balaban J connectivity index is 2.22. The van der Waals surface area contributed by atoms with Gasteiger partial charge in [0.1, 0.15) is 5.75 Å². The van der Waals surface area contributed by atoms with Crippen molar-refractivity contribution in [1.29, 1.82) is 0 Å². The highest BCUT2D eigenvalue weighted by Crippen LogP contribution is 2.24. The van der Waals surface area contributed by atoms with Gasteiger partial charge in [-0.25, -0.2) is 0 Å². The van der Waals surface area contributed by atoms with E-state index in [1.807, 2.05) is 24.0 Å². The molecule has 1 aliphatic heterocycles. The summed E-state index contributed by atoms with van der Waals surface area (Å²) in [6.07, 6.45) is 0.0899. The maximum absolute atomic E-state index is 12.4. The molecule has 0 bridgehead atoms. The van der Waals surface area contributed by atoms with Crippen molar-refractivity contribution in [1.82, 2.24) is 4.90 Å². The van der Waals surface area contributed by atoms with Gasteiger partial charge in [0.15, 0.2) is 0 Å². The molecular weight excluding hydrogens is 298 g/mol. The molecule has 2 rings (SSSR count). The number of methoxy groups -OCH3 is 1. The summed E-state index contributed by atoms with van der Waals surface area (Å²) in [7, 11) is 1.59. The molecule has 0 spiro atoms. The summed E-state index contributed by atoms with van der Waals surface area (Å²) >= 11 is 3.41. The van der Waals surface area contributed by atoms with Gasteiger partial charge in [0.25, 0.3) is 5.91 Å². The smallest absolute Gasteiger partial charge is 0.255 e. The predicted molar refractivity (Wildman–Crippen MR) is 72.0 cm³/mol. The second-order valence-corrected chi connectivity index (χ2v) is 5.13. The van der Waals surface area contributed by atoms with Crippen LogP contribution in [0.3, 0.4) is 0 Å². The molecule has 1 atom stereocenters. The van der Waals surface area contributed by atoms with Gasteiger partial charge in [0.05, 0.1) is 25.4 Å². The summed E-state index contributed by atoms with van der Waals surface area (Å²) in [5.41, 5.74) is 0.628. The average Bonchev–Trinajstić information content (AvgIpc) is 2.38. The van der Waals surface area contributed by atoms with Gasteiger partial charge in [-0.2, -0.15) is 0 Å². The van der Waals surface area contributed by atoms with Crippen molar-refractivity contribution >= 4 is 21.8 Å². The van der Waals surface area contributed by atoms with Crippen molar-refractivity contribution in [3.8, 4) is 5.75 Å². The zero-order valence-electron chi connectivity index (χ0n) is 10.5. The molecule has 1 fully saturated rings. The fraction of sp³-hybridized carbons (Fsp3) is 0.462. The Morgan fingerprint density at radius 1 is 1.56 bits per heavy atom. The molecular formula is C13H16BrNO3. The molecule has 98 valence electrons. The van der Waals surface area contributed by atoms with Crippen LogP contribution < -0.4 is 4.74 Å². The molecule has 5 heteroatoms. The number of nitrogens with zero attached hydrogens (tertiary/aromatic N) is 1. The van der Waals surface area contributed by atoms with Crippen molar-refractivity contribution in [3.05, 3.63) is 28.2 Å². The van der Waals surface area contributed by atoms with Gasteiger partial charge < -0.3 is 14.4 Å². The Labute approximate surface area is 115 Å². The van der Waals surface area contributed by atoms with Gasteiger partial charge in [0.2, 0.25) is 0 Å². The van der Waals surface area contributed by atoms with Crippen LogP contribution in [0.2, 0.25) is 0 Å². The lowest BCUT2D eigenvalue weighted by molar-refractivity contribution is -0.0124. The number of hydrogen-bond acceptors (Lipinski definition) is 3. The van der Waals surface area contributed by atoms with E-state index in [1.54, 1.807) is 13.2 Å². The van der Waals surface area contributed by atoms with E-state index < -0.39 is 0 Å². The quantitative estimate of drug-likeness (QED) is 0.841. The van der Waals surface area contributed by atoms with Crippen molar-refractivity contribution in [3.63, 3.8) is 0 Å². The number of morpholine rings is 1. The predicted octanol–water partition coefficient (Wildman–Crippen LogP) is 2.32. The van der Waals surface area contributed by atoms with Gasteiger partial charge >= 0.3 is 0 Å². The van der Waals surface area contributed by atoms with Crippen molar-refractivity contribution in [2.75, 3.05) is 26.8 Å². The number of carbonyl (C=O) groups is 1. The summed E-state index contributed by atoms with van der Waals surface area (Å²) in [5, 5.41) is 0. The molecule has 18 heavy (non-hydrogen) atoms. The molecule has 0 radical (unpaired) electrons. The largest absolute Gasteiger partial charge is 0.497 e. The van der Waals surface area contributed by atoms with Gasteiger partial charge in [-0.05, 0) is 41.1 Å². The molecule has 1 aliphatic rings.